The van der Waals surface area contributed by atoms with Crippen molar-refractivity contribution >= 4 is 51.6 Å². The van der Waals surface area contributed by atoms with Gasteiger partial charge in [-0.15, -0.1) is 22.0 Å². The van der Waals surface area contributed by atoms with Crippen molar-refractivity contribution in [1.82, 2.24) is 10.2 Å². The Hall–Kier alpha value is -1.25. The van der Waals surface area contributed by atoms with Crippen LogP contribution in [0.5, 0.6) is 0 Å². The lowest BCUT2D eigenvalue weighted by molar-refractivity contribution is -0.113. The molecule has 0 spiro atoms. The van der Waals surface area contributed by atoms with E-state index in [1.807, 2.05) is 30.5 Å². The van der Waals surface area contributed by atoms with E-state index in [4.69, 9.17) is 0 Å². The second kappa shape index (κ2) is 9.02. The summed E-state index contributed by atoms with van der Waals surface area (Å²) in [4.78, 5) is 13.1. The Morgan fingerprint density at radius 3 is 2.73 bits per heavy atom. The van der Waals surface area contributed by atoms with Crippen molar-refractivity contribution in [2.45, 2.75) is 22.6 Å². The minimum atomic E-state index is -0.0415. The molecule has 1 heterocycles. The number of rotatable bonds is 8. The maximum absolute atomic E-state index is 11.9. The van der Waals surface area contributed by atoms with Crippen LogP contribution in [-0.4, -0.2) is 34.7 Å². The Labute approximate surface area is 142 Å². The molecule has 0 aliphatic rings. The zero-order valence-corrected chi connectivity index (χ0v) is 14.9. The SMILES string of the molecule is CCCNc1nnc(SCC(=O)Nc2ccc(SC)cc2)s1. The summed E-state index contributed by atoms with van der Waals surface area (Å²) >= 11 is 4.55. The van der Waals surface area contributed by atoms with Gasteiger partial charge in [0.1, 0.15) is 0 Å². The van der Waals surface area contributed by atoms with Gasteiger partial charge >= 0.3 is 0 Å². The summed E-state index contributed by atoms with van der Waals surface area (Å²) in [6.45, 7) is 2.98. The molecule has 118 valence electrons. The zero-order valence-electron chi connectivity index (χ0n) is 12.5. The van der Waals surface area contributed by atoms with Crippen molar-refractivity contribution in [3.8, 4) is 0 Å². The van der Waals surface area contributed by atoms with Gasteiger partial charge < -0.3 is 10.6 Å². The van der Waals surface area contributed by atoms with E-state index >= 15 is 0 Å². The quantitative estimate of drug-likeness (QED) is 0.703. The first kappa shape index (κ1) is 17.1. The maximum Gasteiger partial charge on any atom is 0.234 e. The van der Waals surface area contributed by atoms with E-state index in [2.05, 4.69) is 27.8 Å². The third kappa shape index (κ3) is 5.51. The van der Waals surface area contributed by atoms with Crippen molar-refractivity contribution in [3.63, 3.8) is 0 Å². The molecule has 2 N–H and O–H groups in total. The molecule has 2 rings (SSSR count). The lowest BCUT2D eigenvalue weighted by atomic mass is 10.3. The van der Waals surface area contributed by atoms with E-state index in [0.29, 0.717) is 5.75 Å². The van der Waals surface area contributed by atoms with Gasteiger partial charge in [0.2, 0.25) is 11.0 Å². The van der Waals surface area contributed by atoms with E-state index in [1.54, 1.807) is 11.8 Å². The van der Waals surface area contributed by atoms with Crippen LogP contribution >= 0.6 is 34.9 Å². The van der Waals surface area contributed by atoms with Crippen LogP contribution in [0, 0.1) is 0 Å². The first-order valence-electron chi connectivity index (χ1n) is 6.85. The van der Waals surface area contributed by atoms with Gasteiger partial charge in [-0.1, -0.05) is 30.0 Å². The third-order valence-electron chi connectivity index (χ3n) is 2.63. The summed E-state index contributed by atoms with van der Waals surface area (Å²) in [6, 6.07) is 7.80. The highest BCUT2D eigenvalue weighted by Gasteiger charge is 2.08. The van der Waals surface area contributed by atoms with Gasteiger partial charge in [0.25, 0.3) is 0 Å². The number of carbonyl (C=O) groups excluding carboxylic acids is 1. The van der Waals surface area contributed by atoms with E-state index in [0.717, 1.165) is 28.1 Å². The van der Waals surface area contributed by atoms with Crippen molar-refractivity contribution in [1.29, 1.82) is 0 Å². The van der Waals surface area contributed by atoms with Gasteiger partial charge in [-0.2, -0.15) is 0 Å². The molecular formula is C14H18N4OS3. The molecule has 0 atom stereocenters. The lowest BCUT2D eigenvalue weighted by Crippen LogP contribution is -2.13. The van der Waals surface area contributed by atoms with Crippen molar-refractivity contribution < 1.29 is 4.79 Å². The lowest BCUT2D eigenvalue weighted by Gasteiger charge is -2.04. The van der Waals surface area contributed by atoms with Crippen LogP contribution in [-0.2, 0) is 4.79 Å². The molecule has 1 amide bonds. The number of aromatic nitrogens is 2. The molecule has 0 saturated carbocycles. The summed E-state index contributed by atoms with van der Waals surface area (Å²) in [5.41, 5.74) is 0.811. The average Bonchev–Trinajstić information content (AvgIpc) is 2.99. The van der Waals surface area contributed by atoms with Crippen LogP contribution in [0.1, 0.15) is 13.3 Å². The molecule has 1 aromatic carbocycles. The Balaban J connectivity index is 1.78. The molecule has 0 bridgehead atoms. The fourth-order valence-electron chi connectivity index (χ4n) is 1.57. The number of nitrogens with one attached hydrogen (secondary N) is 2. The Morgan fingerprint density at radius 1 is 1.27 bits per heavy atom. The minimum Gasteiger partial charge on any atom is -0.360 e. The topological polar surface area (TPSA) is 66.9 Å². The molecule has 0 aliphatic heterocycles. The summed E-state index contributed by atoms with van der Waals surface area (Å²) < 4.78 is 0.798. The van der Waals surface area contributed by atoms with Gasteiger partial charge in [-0.25, -0.2) is 0 Å². The van der Waals surface area contributed by atoms with Crippen LogP contribution in [0.3, 0.4) is 0 Å². The van der Waals surface area contributed by atoms with Crippen molar-refractivity contribution in [2.75, 3.05) is 29.2 Å². The number of anilines is 2. The summed E-state index contributed by atoms with van der Waals surface area (Å²) in [5, 5.41) is 15.0. The van der Waals surface area contributed by atoms with Crippen molar-refractivity contribution in [2.24, 2.45) is 0 Å². The van der Waals surface area contributed by atoms with Crippen LogP contribution < -0.4 is 10.6 Å². The predicted molar refractivity (Wildman–Crippen MR) is 96.3 cm³/mol. The number of amides is 1. The van der Waals surface area contributed by atoms with Crippen LogP contribution in [0.15, 0.2) is 33.5 Å². The molecule has 8 heteroatoms. The third-order valence-corrected chi connectivity index (χ3v) is 5.39. The first-order valence-corrected chi connectivity index (χ1v) is 9.88. The number of carbonyl (C=O) groups is 1. The first-order chi connectivity index (χ1) is 10.7. The minimum absolute atomic E-state index is 0.0415. The highest BCUT2D eigenvalue weighted by atomic mass is 32.2. The second-order valence-electron chi connectivity index (χ2n) is 4.37. The van der Waals surface area contributed by atoms with Crippen molar-refractivity contribution in [3.05, 3.63) is 24.3 Å². The van der Waals surface area contributed by atoms with E-state index in [-0.39, 0.29) is 5.91 Å². The molecule has 1 aromatic heterocycles. The van der Waals surface area contributed by atoms with Gasteiger partial charge in [0, 0.05) is 17.1 Å². The number of nitrogens with zero attached hydrogens (tertiary/aromatic N) is 2. The van der Waals surface area contributed by atoms with Crippen LogP contribution in [0.25, 0.3) is 0 Å². The highest BCUT2D eigenvalue weighted by molar-refractivity contribution is 8.01. The normalized spacial score (nSPS) is 10.5. The molecule has 5 nitrogen and oxygen atoms in total. The molecule has 0 fully saturated rings. The largest absolute Gasteiger partial charge is 0.360 e. The standard InChI is InChI=1S/C14H18N4OS3/c1-3-8-15-13-17-18-14(22-13)21-9-12(19)16-10-4-6-11(20-2)7-5-10/h4-7H,3,8-9H2,1-2H3,(H,15,17)(H,16,19). The number of thioether (sulfide) groups is 2. The smallest absolute Gasteiger partial charge is 0.234 e. The monoisotopic (exact) mass is 354 g/mol. The fourth-order valence-corrected chi connectivity index (χ4v) is 3.56. The molecule has 0 unspecified atom stereocenters. The zero-order chi connectivity index (χ0) is 15.8. The van der Waals surface area contributed by atoms with Gasteiger partial charge in [0.05, 0.1) is 5.75 Å². The molecule has 22 heavy (non-hydrogen) atoms. The number of benzene rings is 1. The highest BCUT2D eigenvalue weighted by Crippen LogP contribution is 2.25. The maximum atomic E-state index is 11.9. The number of hydrogen-bond acceptors (Lipinski definition) is 7. The van der Waals surface area contributed by atoms with E-state index in [1.165, 1.54) is 28.0 Å². The molecular weight excluding hydrogens is 336 g/mol. The Morgan fingerprint density at radius 2 is 2.05 bits per heavy atom. The summed E-state index contributed by atoms with van der Waals surface area (Å²) in [6.07, 6.45) is 3.07. The van der Waals surface area contributed by atoms with Gasteiger partial charge in [0.15, 0.2) is 4.34 Å². The van der Waals surface area contributed by atoms with E-state index < -0.39 is 0 Å². The average molecular weight is 355 g/mol. The fraction of sp³-hybridized carbons (Fsp3) is 0.357. The molecule has 0 aliphatic carbocycles. The van der Waals surface area contributed by atoms with Crippen LogP contribution in [0.2, 0.25) is 0 Å². The molecule has 0 saturated heterocycles. The summed E-state index contributed by atoms with van der Waals surface area (Å²) in [5.74, 6) is 0.285. The van der Waals surface area contributed by atoms with E-state index in [9.17, 15) is 4.79 Å². The van der Waals surface area contributed by atoms with Gasteiger partial charge in [-0.05, 0) is 36.9 Å². The molecule has 2 aromatic rings. The number of hydrogen-bond donors (Lipinski definition) is 2. The molecule has 0 radical (unpaired) electrons. The van der Waals surface area contributed by atoms with Gasteiger partial charge in [-0.3, -0.25) is 4.79 Å². The predicted octanol–water partition coefficient (Wildman–Crippen LogP) is 3.81. The Kier molecular flexibility index (Phi) is 7.01. The second-order valence-corrected chi connectivity index (χ2v) is 7.44. The Bertz CT molecular complexity index is 600. The summed E-state index contributed by atoms with van der Waals surface area (Å²) in [7, 11) is 0. The van der Waals surface area contributed by atoms with Crippen LogP contribution in [0.4, 0.5) is 10.8 Å².